The van der Waals surface area contributed by atoms with Gasteiger partial charge in [-0.2, -0.15) is 0 Å². The van der Waals surface area contributed by atoms with Crippen LogP contribution in [0.2, 0.25) is 0 Å². The van der Waals surface area contributed by atoms with Crippen LogP contribution in [0.15, 0.2) is 28.4 Å². The lowest BCUT2D eigenvalue weighted by Crippen LogP contribution is -2.11. The van der Waals surface area contributed by atoms with Crippen molar-refractivity contribution in [2.75, 3.05) is 5.32 Å². The fourth-order valence-electron chi connectivity index (χ4n) is 1.34. The normalized spacial score (nSPS) is 19.6. The highest BCUT2D eigenvalue weighted by atomic mass is 32.2. The molecular weight excluding hydrogens is 226 g/mol. The highest BCUT2D eigenvalue weighted by Crippen LogP contribution is 2.27. The molecule has 2 rings (SSSR count). The molecule has 1 aromatic rings. The molecule has 0 amide bonds. The van der Waals surface area contributed by atoms with Crippen LogP contribution in [0, 0.1) is 13.8 Å². The minimum Gasteiger partial charge on any atom is -0.353 e. The standard InChI is InChI=1S/C10H11N3S2/c1-6-4-3-5-8(7(6)2)11-9-12-13-10(14)15-9/h3-5,9,11H,1-2H3. The highest BCUT2D eigenvalue weighted by Gasteiger charge is 2.17. The van der Waals surface area contributed by atoms with Gasteiger partial charge >= 0.3 is 0 Å². The molecule has 1 aliphatic heterocycles. The van der Waals surface area contributed by atoms with Gasteiger partial charge in [-0.25, -0.2) is 0 Å². The second-order valence-electron chi connectivity index (χ2n) is 3.34. The van der Waals surface area contributed by atoms with Gasteiger partial charge in [0.1, 0.15) is 0 Å². The first-order chi connectivity index (χ1) is 7.16. The zero-order valence-corrected chi connectivity index (χ0v) is 10.2. The summed E-state index contributed by atoms with van der Waals surface area (Å²) in [5, 5.41) is 11.1. The number of benzene rings is 1. The van der Waals surface area contributed by atoms with Gasteiger partial charge in [0, 0.05) is 5.69 Å². The molecule has 15 heavy (non-hydrogen) atoms. The molecule has 3 nitrogen and oxygen atoms in total. The van der Waals surface area contributed by atoms with Gasteiger partial charge in [0.05, 0.1) is 0 Å². The number of aryl methyl sites for hydroxylation is 1. The SMILES string of the molecule is Cc1cccc(NC2N=NC(=S)S2)c1C. The van der Waals surface area contributed by atoms with E-state index < -0.39 is 0 Å². The predicted octanol–water partition coefficient (Wildman–Crippen LogP) is 3.48. The Kier molecular flexibility index (Phi) is 3.02. The molecule has 1 unspecified atom stereocenters. The third-order valence-electron chi connectivity index (χ3n) is 2.34. The van der Waals surface area contributed by atoms with E-state index in [1.165, 1.54) is 22.9 Å². The van der Waals surface area contributed by atoms with Crippen LogP contribution >= 0.6 is 24.0 Å². The average molecular weight is 237 g/mol. The Morgan fingerprint density at radius 1 is 1.40 bits per heavy atom. The Bertz CT molecular complexity index is 429. The summed E-state index contributed by atoms with van der Waals surface area (Å²) in [6, 6.07) is 6.16. The number of rotatable bonds is 2. The van der Waals surface area contributed by atoms with Crippen molar-refractivity contribution in [2.24, 2.45) is 10.2 Å². The molecule has 78 valence electrons. The van der Waals surface area contributed by atoms with Gasteiger partial charge in [-0.15, -0.1) is 10.2 Å². The lowest BCUT2D eigenvalue weighted by Gasteiger charge is -2.13. The maximum atomic E-state index is 4.93. The van der Waals surface area contributed by atoms with Crippen molar-refractivity contribution in [3.63, 3.8) is 0 Å². The molecule has 0 fully saturated rings. The summed E-state index contributed by atoms with van der Waals surface area (Å²) in [4.78, 5) is 0. The topological polar surface area (TPSA) is 36.8 Å². The highest BCUT2D eigenvalue weighted by molar-refractivity contribution is 8.23. The molecule has 1 N–H and O–H groups in total. The first-order valence-electron chi connectivity index (χ1n) is 4.61. The lowest BCUT2D eigenvalue weighted by molar-refractivity contribution is 0.992. The Morgan fingerprint density at radius 2 is 2.20 bits per heavy atom. The molecule has 1 aromatic carbocycles. The summed E-state index contributed by atoms with van der Waals surface area (Å²) in [5.41, 5.74) is 3.53. The van der Waals surface area contributed by atoms with Crippen LogP contribution < -0.4 is 5.32 Å². The van der Waals surface area contributed by atoms with Gasteiger partial charge in [-0.05, 0) is 55.0 Å². The number of hydrogen-bond donors (Lipinski definition) is 1. The monoisotopic (exact) mass is 237 g/mol. The largest absolute Gasteiger partial charge is 0.353 e. The Morgan fingerprint density at radius 3 is 2.87 bits per heavy atom. The Hall–Kier alpha value is -0.940. The van der Waals surface area contributed by atoms with Crippen LogP contribution in [-0.4, -0.2) is 9.82 Å². The van der Waals surface area contributed by atoms with E-state index in [1.807, 2.05) is 12.1 Å². The fraction of sp³-hybridized carbons (Fsp3) is 0.300. The first-order valence-corrected chi connectivity index (χ1v) is 5.90. The molecule has 0 saturated heterocycles. The molecule has 0 aliphatic carbocycles. The molecule has 0 bridgehead atoms. The van der Waals surface area contributed by atoms with Crippen molar-refractivity contribution < 1.29 is 0 Å². The number of nitrogens with one attached hydrogen (secondary N) is 1. The number of hydrogen-bond acceptors (Lipinski definition) is 4. The minimum atomic E-state index is -0.0713. The van der Waals surface area contributed by atoms with E-state index in [9.17, 15) is 0 Å². The molecule has 1 aliphatic rings. The van der Waals surface area contributed by atoms with Crippen molar-refractivity contribution in [1.82, 2.24) is 0 Å². The van der Waals surface area contributed by atoms with Crippen LogP contribution in [0.3, 0.4) is 0 Å². The van der Waals surface area contributed by atoms with Crippen LogP contribution in [-0.2, 0) is 0 Å². The second-order valence-corrected chi connectivity index (χ2v) is 5.06. The van der Waals surface area contributed by atoms with E-state index in [0.717, 1.165) is 5.69 Å². The van der Waals surface area contributed by atoms with Gasteiger partial charge in [-0.3, -0.25) is 0 Å². The maximum Gasteiger partial charge on any atom is 0.194 e. The van der Waals surface area contributed by atoms with Crippen LogP contribution in [0.5, 0.6) is 0 Å². The van der Waals surface area contributed by atoms with Crippen LogP contribution in [0.4, 0.5) is 5.69 Å². The van der Waals surface area contributed by atoms with Crippen molar-refractivity contribution >= 4 is 34.0 Å². The van der Waals surface area contributed by atoms with Crippen LogP contribution in [0.1, 0.15) is 11.1 Å². The molecule has 0 saturated carbocycles. The molecule has 0 aromatic heterocycles. The van der Waals surface area contributed by atoms with Gasteiger partial charge in [0.2, 0.25) is 0 Å². The van der Waals surface area contributed by atoms with E-state index in [0.29, 0.717) is 4.32 Å². The van der Waals surface area contributed by atoms with Crippen molar-refractivity contribution in [2.45, 2.75) is 19.3 Å². The third-order valence-corrected chi connectivity index (χ3v) is 3.43. The van der Waals surface area contributed by atoms with Gasteiger partial charge < -0.3 is 5.32 Å². The zero-order valence-electron chi connectivity index (χ0n) is 8.52. The summed E-state index contributed by atoms with van der Waals surface area (Å²) in [7, 11) is 0. The van der Waals surface area contributed by atoms with E-state index in [4.69, 9.17) is 12.2 Å². The summed E-state index contributed by atoms with van der Waals surface area (Å²) in [6.45, 7) is 4.18. The Balaban J connectivity index is 2.15. The molecule has 0 radical (unpaired) electrons. The minimum absolute atomic E-state index is 0.0713. The van der Waals surface area contributed by atoms with Crippen molar-refractivity contribution in [3.05, 3.63) is 29.3 Å². The van der Waals surface area contributed by atoms with Gasteiger partial charge in [0.15, 0.2) is 9.82 Å². The molecule has 5 heteroatoms. The van der Waals surface area contributed by atoms with Gasteiger partial charge in [0.25, 0.3) is 0 Å². The summed E-state index contributed by atoms with van der Waals surface area (Å²) >= 11 is 6.40. The smallest absolute Gasteiger partial charge is 0.194 e. The Labute approximate surface area is 98.4 Å². The van der Waals surface area contributed by atoms with Crippen LogP contribution in [0.25, 0.3) is 0 Å². The fourth-order valence-corrected chi connectivity index (χ4v) is 2.23. The quantitative estimate of drug-likeness (QED) is 0.800. The summed E-state index contributed by atoms with van der Waals surface area (Å²) in [5.74, 6) is 0. The first kappa shape index (κ1) is 10.6. The summed E-state index contributed by atoms with van der Waals surface area (Å²) < 4.78 is 0.595. The third kappa shape index (κ3) is 2.35. The number of thiocarbonyl (C=S) groups is 1. The van der Waals surface area contributed by atoms with E-state index in [1.54, 1.807) is 0 Å². The number of azo groups is 1. The molecule has 1 atom stereocenters. The van der Waals surface area contributed by atoms with Crippen molar-refractivity contribution in [1.29, 1.82) is 0 Å². The predicted molar refractivity (Wildman–Crippen MR) is 68.4 cm³/mol. The van der Waals surface area contributed by atoms with E-state index >= 15 is 0 Å². The van der Waals surface area contributed by atoms with E-state index in [2.05, 4.69) is 35.5 Å². The van der Waals surface area contributed by atoms with Gasteiger partial charge in [-0.1, -0.05) is 12.1 Å². The number of anilines is 1. The van der Waals surface area contributed by atoms with Crippen molar-refractivity contribution in [3.8, 4) is 0 Å². The maximum absolute atomic E-state index is 4.93. The number of thioether (sulfide) groups is 1. The zero-order chi connectivity index (χ0) is 10.8. The lowest BCUT2D eigenvalue weighted by atomic mass is 10.1. The molecular formula is C10H11N3S2. The number of nitrogens with zero attached hydrogens (tertiary/aromatic N) is 2. The second kappa shape index (κ2) is 4.28. The summed E-state index contributed by atoms with van der Waals surface area (Å²) in [6.07, 6.45) is 0. The average Bonchev–Trinajstić information content (AvgIpc) is 2.59. The molecule has 1 heterocycles. The van der Waals surface area contributed by atoms with E-state index in [-0.39, 0.29) is 5.50 Å². The molecule has 0 spiro atoms.